The molecule has 4 nitrogen and oxygen atoms in total. The third kappa shape index (κ3) is 6.36. The van der Waals surface area contributed by atoms with Crippen molar-refractivity contribution in [3.05, 3.63) is 0 Å². The lowest BCUT2D eigenvalue weighted by Crippen LogP contribution is -2.45. The summed E-state index contributed by atoms with van der Waals surface area (Å²) in [5.74, 6) is -0.0638. The van der Waals surface area contributed by atoms with Crippen LogP contribution in [-0.2, 0) is 14.3 Å². The van der Waals surface area contributed by atoms with E-state index < -0.39 is 0 Å². The van der Waals surface area contributed by atoms with Gasteiger partial charge in [-0.2, -0.15) is 0 Å². The first-order valence-electron chi connectivity index (χ1n) is 7.15. The van der Waals surface area contributed by atoms with Gasteiger partial charge in [0, 0.05) is 19.5 Å². The quantitative estimate of drug-likeness (QED) is 0.518. The molecule has 1 saturated heterocycles. The second-order valence-electron chi connectivity index (χ2n) is 5.13. The Morgan fingerprint density at radius 1 is 1.22 bits per heavy atom. The van der Waals surface area contributed by atoms with Gasteiger partial charge in [-0.05, 0) is 40.2 Å². The number of esters is 1. The van der Waals surface area contributed by atoms with Gasteiger partial charge in [-0.15, -0.1) is 0 Å². The van der Waals surface area contributed by atoms with Crippen LogP contribution in [0.1, 0.15) is 46.5 Å². The zero-order valence-corrected chi connectivity index (χ0v) is 12.0. The van der Waals surface area contributed by atoms with Gasteiger partial charge in [0.1, 0.15) is 0 Å². The average Bonchev–Trinajstić information content (AvgIpc) is 2.27. The normalized spacial score (nSPS) is 25.1. The number of carbonyl (C=O) groups excluding carboxylic acids is 1. The van der Waals surface area contributed by atoms with Crippen LogP contribution >= 0.6 is 0 Å². The highest BCUT2D eigenvalue weighted by Gasteiger charge is 2.21. The van der Waals surface area contributed by atoms with E-state index in [9.17, 15) is 4.79 Å². The van der Waals surface area contributed by atoms with Crippen LogP contribution < -0.4 is 0 Å². The molecule has 0 aromatic carbocycles. The van der Waals surface area contributed by atoms with Crippen LogP contribution in [0.2, 0.25) is 0 Å². The molecule has 0 amide bonds. The first-order chi connectivity index (χ1) is 8.61. The lowest BCUT2D eigenvalue weighted by atomic mass is 10.1. The van der Waals surface area contributed by atoms with Crippen LogP contribution in [0.15, 0.2) is 0 Å². The summed E-state index contributed by atoms with van der Waals surface area (Å²) in [6, 6.07) is 0. The first kappa shape index (κ1) is 15.4. The molecule has 0 aromatic rings. The van der Waals surface area contributed by atoms with E-state index in [1.807, 2.05) is 6.92 Å². The van der Waals surface area contributed by atoms with E-state index in [1.54, 1.807) is 0 Å². The number of nitrogens with zero attached hydrogens (tertiary/aromatic N) is 1. The molecule has 0 aliphatic carbocycles. The van der Waals surface area contributed by atoms with Gasteiger partial charge in [-0.25, -0.2) is 0 Å². The molecule has 0 spiro atoms. The molecule has 4 heteroatoms. The molecular formula is C14H27NO3. The summed E-state index contributed by atoms with van der Waals surface area (Å²) in [5, 5.41) is 0. The van der Waals surface area contributed by atoms with Gasteiger partial charge in [0.05, 0.1) is 18.8 Å². The highest BCUT2D eigenvalue weighted by atomic mass is 16.5. The Kier molecular flexibility index (Phi) is 7.28. The van der Waals surface area contributed by atoms with Crippen molar-refractivity contribution in [3.8, 4) is 0 Å². The van der Waals surface area contributed by atoms with Crippen LogP contribution in [0.3, 0.4) is 0 Å². The van der Waals surface area contributed by atoms with Crippen molar-refractivity contribution in [3.63, 3.8) is 0 Å². The molecule has 106 valence electrons. The van der Waals surface area contributed by atoms with Gasteiger partial charge in [0.25, 0.3) is 0 Å². The third-order valence-electron chi connectivity index (χ3n) is 3.16. The van der Waals surface area contributed by atoms with E-state index in [1.165, 1.54) is 0 Å². The molecule has 0 aromatic heterocycles. The van der Waals surface area contributed by atoms with Crippen molar-refractivity contribution >= 4 is 5.97 Å². The van der Waals surface area contributed by atoms with Gasteiger partial charge in [0.15, 0.2) is 0 Å². The number of hydrogen-bond acceptors (Lipinski definition) is 4. The molecule has 1 rings (SSSR count). The molecule has 18 heavy (non-hydrogen) atoms. The van der Waals surface area contributed by atoms with Crippen LogP contribution in [0.5, 0.6) is 0 Å². The van der Waals surface area contributed by atoms with Crippen LogP contribution in [0.4, 0.5) is 0 Å². The van der Waals surface area contributed by atoms with E-state index in [2.05, 4.69) is 18.7 Å². The fourth-order valence-corrected chi connectivity index (χ4v) is 2.48. The first-order valence-corrected chi connectivity index (χ1v) is 7.15. The molecule has 0 saturated carbocycles. The van der Waals surface area contributed by atoms with Gasteiger partial charge < -0.3 is 9.47 Å². The number of unbranched alkanes of at least 4 members (excludes halogenated alkanes) is 2. The molecule has 0 bridgehead atoms. The molecule has 0 N–H and O–H groups in total. The zero-order valence-electron chi connectivity index (χ0n) is 12.0. The summed E-state index contributed by atoms with van der Waals surface area (Å²) in [4.78, 5) is 13.6. The molecule has 2 unspecified atom stereocenters. The number of carbonyl (C=O) groups is 1. The minimum atomic E-state index is -0.0638. The summed E-state index contributed by atoms with van der Waals surface area (Å²) in [7, 11) is 0. The minimum Gasteiger partial charge on any atom is -0.466 e. The van der Waals surface area contributed by atoms with Crippen LogP contribution in [0, 0.1) is 0 Å². The fraction of sp³-hybridized carbons (Fsp3) is 0.929. The molecule has 2 atom stereocenters. The summed E-state index contributed by atoms with van der Waals surface area (Å²) >= 11 is 0. The Morgan fingerprint density at radius 2 is 1.89 bits per heavy atom. The minimum absolute atomic E-state index is 0.0638. The summed E-state index contributed by atoms with van der Waals surface area (Å²) in [6.45, 7) is 9.76. The second kappa shape index (κ2) is 8.48. The van der Waals surface area contributed by atoms with Gasteiger partial charge in [0.2, 0.25) is 0 Å². The Morgan fingerprint density at radius 3 is 2.50 bits per heavy atom. The molecule has 1 heterocycles. The molecule has 1 aliphatic rings. The van der Waals surface area contributed by atoms with E-state index in [-0.39, 0.29) is 5.97 Å². The standard InChI is InChI=1S/C14H27NO3/c1-4-17-14(16)8-6-5-7-9-15-10-12(2)18-13(3)11-15/h12-13H,4-11H2,1-3H3. The SMILES string of the molecule is CCOC(=O)CCCCCN1CC(C)OC(C)C1. The Bertz CT molecular complexity index is 235. The lowest BCUT2D eigenvalue weighted by molar-refractivity contribution is -0.143. The van der Waals surface area contributed by atoms with Crippen LogP contribution in [0.25, 0.3) is 0 Å². The zero-order chi connectivity index (χ0) is 13.4. The highest BCUT2D eigenvalue weighted by molar-refractivity contribution is 5.69. The van der Waals surface area contributed by atoms with E-state index in [0.29, 0.717) is 25.2 Å². The average molecular weight is 257 g/mol. The maximum absolute atomic E-state index is 11.1. The summed E-state index contributed by atoms with van der Waals surface area (Å²) in [6.07, 6.45) is 4.43. The van der Waals surface area contributed by atoms with Crippen molar-refractivity contribution < 1.29 is 14.3 Å². The number of rotatable bonds is 7. The lowest BCUT2D eigenvalue weighted by Gasteiger charge is -2.35. The number of morpholine rings is 1. The fourth-order valence-electron chi connectivity index (χ4n) is 2.48. The molecule has 1 aliphatic heterocycles. The van der Waals surface area contributed by atoms with Crippen molar-refractivity contribution in [2.45, 2.75) is 58.7 Å². The maximum atomic E-state index is 11.1. The van der Waals surface area contributed by atoms with Gasteiger partial charge in [-0.1, -0.05) is 6.42 Å². The Balaban J connectivity index is 2.02. The van der Waals surface area contributed by atoms with Crippen LogP contribution in [-0.4, -0.2) is 49.3 Å². The molecule has 1 fully saturated rings. The number of hydrogen-bond donors (Lipinski definition) is 0. The summed E-state index contributed by atoms with van der Waals surface area (Å²) in [5.41, 5.74) is 0. The van der Waals surface area contributed by atoms with Crippen molar-refractivity contribution in [2.24, 2.45) is 0 Å². The predicted octanol–water partition coefficient (Wildman–Crippen LogP) is 2.22. The predicted molar refractivity (Wildman–Crippen MR) is 71.6 cm³/mol. The van der Waals surface area contributed by atoms with Gasteiger partial charge in [-0.3, -0.25) is 9.69 Å². The summed E-state index contributed by atoms with van der Waals surface area (Å²) < 4.78 is 10.6. The number of ether oxygens (including phenoxy) is 2. The monoisotopic (exact) mass is 257 g/mol. The molecular weight excluding hydrogens is 230 g/mol. The van der Waals surface area contributed by atoms with E-state index in [0.717, 1.165) is 38.9 Å². The van der Waals surface area contributed by atoms with Crippen molar-refractivity contribution in [2.75, 3.05) is 26.2 Å². The largest absolute Gasteiger partial charge is 0.466 e. The Labute approximate surface area is 111 Å². The Hall–Kier alpha value is -0.610. The second-order valence-corrected chi connectivity index (χ2v) is 5.13. The smallest absolute Gasteiger partial charge is 0.305 e. The van der Waals surface area contributed by atoms with Gasteiger partial charge >= 0.3 is 5.97 Å². The third-order valence-corrected chi connectivity index (χ3v) is 3.16. The highest BCUT2D eigenvalue weighted by Crippen LogP contribution is 2.12. The topological polar surface area (TPSA) is 38.8 Å². The maximum Gasteiger partial charge on any atom is 0.305 e. The van der Waals surface area contributed by atoms with E-state index >= 15 is 0 Å². The molecule has 0 radical (unpaired) electrons. The van der Waals surface area contributed by atoms with Crippen molar-refractivity contribution in [1.82, 2.24) is 4.90 Å². The van der Waals surface area contributed by atoms with E-state index in [4.69, 9.17) is 9.47 Å². The van der Waals surface area contributed by atoms with Crippen molar-refractivity contribution in [1.29, 1.82) is 0 Å².